The van der Waals surface area contributed by atoms with E-state index in [1.54, 1.807) is 0 Å². The van der Waals surface area contributed by atoms with Crippen LogP contribution in [0.15, 0.2) is 24.3 Å². The number of amides is 1. The highest BCUT2D eigenvalue weighted by Crippen LogP contribution is 2.21. The Morgan fingerprint density at radius 2 is 2.11 bits per heavy atom. The van der Waals surface area contributed by atoms with E-state index < -0.39 is 12.0 Å². The van der Waals surface area contributed by atoms with Crippen LogP contribution in [0.1, 0.15) is 12.5 Å². The highest BCUT2D eigenvalue weighted by Gasteiger charge is 2.19. The Labute approximate surface area is 121 Å². The number of rotatable bonds is 6. The number of thioether (sulfide) groups is 1. The molecule has 0 aliphatic rings. The second-order valence-electron chi connectivity index (χ2n) is 3.88. The van der Waals surface area contributed by atoms with Gasteiger partial charge >= 0.3 is 5.97 Å². The molecular formula is C13H16ClNO3S. The number of nitrogens with one attached hydrogen (secondary N) is 1. The van der Waals surface area contributed by atoms with Crippen molar-refractivity contribution in [2.75, 3.05) is 12.9 Å². The van der Waals surface area contributed by atoms with Gasteiger partial charge in [-0.2, -0.15) is 11.8 Å². The van der Waals surface area contributed by atoms with Crippen molar-refractivity contribution in [2.24, 2.45) is 0 Å². The van der Waals surface area contributed by atoms with Crippen molar-refractivity contribution in [3.05, 3.63) is 34.9 Å². The van der Waals surface area contributed by atoms with Crippen LogP contribution in [0.5, 0.6) is 0 Å². The van der Waals surface area contributed by atoms with E-state index in [4.69, 9.17) is 11.6 Å². The van der Waals surface area contributed by atoms with Crippen LogP contribution in [-0.2, 0) is 20.1 Å². The van der Waals surface area contributed by atoms with Crippen molar-refractivity contribution in [1.29, 1.82) is 0 Å². The van der Waals surface area contributed by atoms with E-state index in [0.717, 1.165) is 5.56 Å². The fraction of sp³-hybridized carbons (Fsp3) is 0.385. The van der Waals surface area contributed by atoms with Gasteiger partial charge in [0.05, 0.1) is 7.11 Å². The molecule has 1 aromatic rings. The van der Waals surface area contributed by atoms with Gasteiger partial charge in [-0.15, -0.1) is 0 Å². The number of carbonyl (C=O) groups is 2. The number of benzene rings is 1. The van der Waals surface area contributed by atoms with Crippen LogP contribution in [0.4, 0.5) is 0 Å². The standard InChI is InChI=1S/C13H16ClNO3S/c1-9(16)15-12(13(17)18-2)8-19-7-10-5-3-4-6-11(10)14/h3-6,12H,7-8H2,1-2H3,(H,15,16)/t12-/m0/s1. The van der Waals surface area contributed by atoms with Gasteiger partial charge in [0.2, 0.25) is 5.91 Å². The van der Waals surface area contributed by atoms with Crippen LogP contribution in [0.3, 0.4) is 0 Å². The molecule has 1 atom stereocenters. The number of carbonyl (C=O) groups excluding carboxylic acids is 2. The van der Waals surface area contributed by atoms with E-state index in [9.17, 15) is 9.59 Å². The highest BCUT2D eigenvalue weighted by molar-refractivity contribution is 7.98. The normalized spacial score (nSPS) is 11.7. The van der Waals surface area contributed by atoms with E-state index in [1.807, 2.05) is 24.3 Å². The first-order valence-corrected chi connectivity index (χ1v) is 7.24. The minimum absolute atomic E-state index is 0.256. The maximum Gasteiger partial charge on any atom is 0.329 e. The predicted octanol–water partition coefficient (Wildman–Crippen LogP) is 2.25. The molecule has 0 fully saturated rings. The molecule has 0 aromatic heterocycles. The molecule has 0 saturated heterocycles. The maximum atomic E-state index is 11.5. The Balaban J connectivity index is 2.50. The molecule has 0 spiro atoms. The summed E-state index contributed by atoms with van der Waals surface area (Å²) in [5.74, 6) is 0.417. The molecule has 0 radical (unpaired) electrons. The first-order chi connectivity index (χ1) is 9.04. The van der Waals surface area contributed by atoms with Gasteiger partial charge in [0.15, 0.2) is 0 Å². The van der Waals surface area contributed by atoms with Gasteiger partial charge < -0.3 is 10.1 Å². The highest BCUT2D eigenvalue weighted by atomic mass is 35.5. The fourth-order valence-corrected chi connectivity index (χ4v) is 2.78. The van der Waals surface area contributed by atoms with Crippen molar-refractivity contribution in [2.45, 2.75) is 18.7 Å². The van der Waals surface area contributed by atoms with Gasteiger partial charge in [-0.3, -0.25) is 4.79 Å². The first kappa shape index (κ1) is 15.9. The lowest BCUT2D eigenvalue weighted by Gasteiger charge is -2.15. The van der Waals surface area contributed by atoms with Crippen molar-refractivity contribution in [1.82, 2.24) is 5.32 Å². The zero-order valence-electron chi connectivity index (χ0n) is 10.8. The molecule has 1 N–H and O–H groups in total. The predicted molar refractivity (Wildman–Crippen MR) is 77.2 cm³/mol. The monoisotopic (exact) mass is 301 g/mol. The van der Waals surface area contributed by atoms with E-state index in [2.05, 4.69) is 10.1 Å². The number of hydrogen-bond acceptors (Lipinski definition) is 4. The largest absolute Gasteiger partial charge is 0.467 e. The average Bonchev–Trinajstić information content (AvgIpc) is 2.38. The molecule has 0 aliphatic heterocycles. The minimum Gasteiger partial charge on any atom is -0.467 e. The molecule has 0 heterocycles. The van der Waals surface area contributed by atoms with Gasteiger partial charge in [0.25, 0.3) is 0 Å². The second kappa shape index (κ2) is 8.07. The van der Waals surface area contributed by atoms with Crippen LogP contribution in [0.25, 0.3) is 0 Å². The summed E-state index contributed by atoms with van der Waals surface area (Å²) in [4.78, 5) is 22.5. The molecule has 0 bridgehead atoms. The second-order valence-corrected chi connectivity index (χ2v) is 5.32. The van der Waals surface area contributed by atoms with Crippen molar-refractivity contribution in [3.8, 4) is 0 Å². The van der Waals surface area contributed by atoms with Crippen LogP contribution in [0.2, 0.25) is 5.02 Å². The van der Waals surface area contributed by atoms with E-state index >= 15 is 0 Å². The van der Waals surface area contributed by atoms with Crippen LogP contribution in [0, 0.1) is 0 Å². The third-order valence-electron chi connectivity index (χ3n) is 2.36. The third kappa shape index (κ3) is 5.53. The summed E-state index contributed by atoms with van der Waals surface area (Å²) in [7, 11) is 1.30. The Hall–Kier alpha value is -1.20. The molecule has 19 heavy (non-hydrogen) atoms. The number of halogens is 1. The Kier molecular flexibility index (Phi) is 6.73. The molecule has 1 rings (SSSR count). The SMILES string of the molecule is COC(=O)[C@H](CSCc1ccccc1Cl)NC(C)=O. The molecule has 0 saturated carbocycles. The zero-order valence-corrected chi connectivity index (χ0v) is 12.4. The van der Waals surface area contributed by atoms with Crippen molar-refractivity contribution < 1.29 is 14.3 Å². The summed E-state index contributed by atoms with van der Waals surface area (Å²) in [6.07, 6.45) is 0. The van der Waals surface area contributed by atoms with Crippen LogP contribution < -0.4 is 5.32 Å². The van der Waals surface area contributed by atoms with Crippen LogP contribution in [-0.4, -0.2) is 30.8 Å². The van der Waals surface area contributed by atoms with E-state index in [1.165, 1.54) is 25.8 Å². The van der Waals surface area contributed by atoms with Crippen LogP contribution >= 0.6 is 23.4 Å². The Morgan fingerprint density at radius 3 is 2.68 bits per heavy atom. The number of esters is 1. The van der Waals surface area contributed by atoms with Crippen molar-refractivity contribution in [3.63, 3.8) is 0 Å². The van der Waals surface area contributed by atoms with Gasteiger partial charge in [0, 0.05) is 23.5 Å². The Bertz CT molecular complexity index is 453. The summed E-state index contributed by atoms with van der Waals surface area (Å²) in [6, 6.07) is 6.90. The summed E-state index contributed by atoms with van der Waals surface area (Å²) < 4.78 is 4.65. The zero-order chi connectivity index (χ0) is 14.3. The third-order valence-corrected chi connectivity index (χ3v) is 3.82. The lowest BCUT2D eigenvalue weighted by atomic mass is 10.2. The summed E-state index contributed by atoms with van der Waals surface area (Å²) in [5.41, 5.74) is 1.00. The quantitative estimate of drug-likeness (QED) is 0.819. The molecule has 1 amide bonds. The first-order valence-electron chi connectivity index (χ1n) is 5.70. The van der Waals surface area contributed by atoms with Gasteiger partial charge in [-0.05, 0) is 11.6 Å². The summed E-state index contributed by atoms with van der Waals surface area (Å²) >= 11 is 7.55. The molecule has 1 aromatic carbocycles. The lowest BCUT2D eigenvalue weighted by molar-refractivity contribution is -0.144. The molecule has 4 nitrogen and oxygen atoms in total. The maximum absolute atomic E-state index is 11.5. The van der Waals surface area contributed by atoms with Gasteiger partial charge in [-0.1, -0.05) is 29.8 Å². The number of ether oxygens (including phenoxy) is 1. The molecule has 104 valence electrons. The number of hydrogen-bond donors (Lipinski definition) is 1. The molecule has 0 unspecified atom stereocenters. The van der Waals surface area contributed by atoms with Gasteiger partial charge in [-0.25, -0.2) is 4.79 Å². The Morgan fingerprint density at radius 1 is 1.42 bits per heavy atom. The number of methoxy groups -OCH3 is 1. The minimum atomic E-state index is -0.630. The summed E-state index contributed by atoms with van der Waals surface area (Å²) in [6.45, 7) is 1.37. The average molecular weight is 302 g/mol. The van der Waals surface area contributed by atoms with Crippen molar-refractivity contribution >= 4 is 35.2 Å². The fourth-order valence-electron chi connectivity index (χ4n) is 1.46. The lowest BCUT2D eigenvalue weighted by Crippen LogP contribution is -2.42. The summed E-state index contributed by atoms with van der Waals surface area (Å²) in [5, 5.41) is 3.26. The molecule has 6 heteroatoms. The van der Waals surface area contributed by atoms with E-state index in [0.29, 0.717) is 16.5 Å². The van der Waals surface area contributed by atoms with E-state index in [-0.39, 0.29) is 5.91 Å². The smallest absolute Gasteiger partial charge is 0.329 e. The molecule has 0 aliphatic carbocycles. The topological polar surface area (TPSA) is 55.4 Å². The van der Waals surface area contributed by atoms with Gasteiger partial charge in [0.1, 0.15) is 6.04 Å². The molecular weight excluding hydrogens is 286 g/mol.